The van der Waals surface area contributed by atoms with E-state index < -0.39 is 16.6 Å². The third-order valence-corrected chi connectivity index (χ3v) is 4.62. The number of carbonyl (C=O) groups excluding carboxylic acids is 1. The summed E-state index contributed by atoms with van der Waals surface area (Å²) >= 11 is 5.79. The third-order valence-electron chi connectivity index (χ3n) is 4.41. The van der Waals surface area contributed by atoms with Gasteiger partial charge in [-0.1, -0.05) is 11.6 Å². The zero-order chi connectivity index (χ0) is 19.6. The van der Waals surface area contributed by atoms with E-state index in [9.17, 15) is 19.3 Å². The van der Waals surface area contributed by atoms with Crippen LogP contribution in [-0.4, -0.2) is 28.9 Å². The molecular formula is C17H17ClFN5O3. The van der Waals surface area contributed by atoms with Crippen LogP contribution < -0.4 is 16.0 Å². The fourth-order valence-corrected chi connectivity index (χ4v) is 3.22. The number of pyridine rings is 1. The molecule has 1 fully saturated rings. The highest BCUT2D eigenvalue weighted by Gasteiger charge is 2.26. The fourth-order valence-electron chi connectivity index (χ4n) is 3.07. The number of rotatable bonds is 5. The number of piperidine rings is 1. The topological polar surface area (TPSA) is 114 Å². The number of aromatic nitrogens is 1. The minimum atomic E-state index is -0.603. The lowest BCUT2D eigenvalue weighted by Crippen LogP contribution is -2.41. The molecule has 1 amide bonds. The predicted octanol–water partition coefficient (Wildman–Crippen LogP) is 3.23. The van der Waals surface area contributed by atoms with Crippen molar-refractivity contribution in [1.82, 2.24) is 4.98 Å². The molecule has 27 heavy (non-hydrogen) atoms. The second kappa shape index (κ2) is 7.75. The lowest BCUT2D eigenvalue weighted by atomic mass is 9.97. The Balaban J connectivity index is 1.83. The number of primary amides is 1. The van der Waals surface area contributed by atoms with Crippen LogP contribution in [0.3, 0.4) is 0 Å². The summed E-state index contributed by atoms with van der Waals surface area (Å²) < 4.78 is 14.6. The molecule has 0 radical (unpaired) electrons. The van der Waals surface area contributed by atoms with Gasteiger partial charge in [0.25, 0.3) is 0 Å². The van der Waals surface area contributed by atoms with Crippen molar-refractivity contribution < 1.29 is 14.1 Å². The maximum Gasteiger partial charge on any atom is 0.311 e. The Morgan fingerprint density at radius 1 is 1.41 bits per heavy atom. The van der Waals surface area contributed by atoms with Gasteiger partial charge in [0.05, 0.1) is 16.5 Å². The number of nitrogens with one attached hydrogen (secondary N) is 1. The van der Waals surface area contributed by atoms with Crippen molar-refractivity contribution in [2.45, 2.75) is 12.8 Å². The van der Waals surface area contributed by atoms with Gasteiger partial charge in [-0.25, -0.2) is 9.37 Å². The Morgan fingerprint density at radius 3 is 2.85 bits per heavy atom. The van der Waals surface area contributed by atoms with Gasteiger partial charge < -0.3 is 16.0 Å². The van der Waals surface area contributed by atoms with Gasteiger partial charge in [0.2, 0.25) is 11.7 Å². The summed E-state index contributed by atoms with van der Waals surface area (Å²) in [5, 5.41) is 13.9. The van der Waals surface area contributed by atoms with E-state index in [0.717, 1.165) is 6.42 Å². The van der Waals surface area contributed by atoms with Crippen LogP contribution in [0, 0.1) is 21.8 Å². The predicted molar refractivity (Wildman–Crippen MR) is 99.7 cm³/mol. The monoisotopic (exact) mass is 393 g/mol. The molecule has 2 aromatic rings. The summed E-state index contributed by atoms with van der Waals surface area (Å²) in [7, 11) is 0. The van der Waals surface area contributed by atoms with E-state index in [1.807, 2.05) is 0 Å². The Hall–Kier alpha value is -2.94. The molecule has 2 heterocycles. The lowest BCUT2D eigenvalue weighted by Gasteiger charge is -2.33. The maximum atomic E-state index is 14.6. The number of amides is 1. The Kier molecular flexibility index (Phi) is 5.41. The Bertz CT molecular complexity index is 895. The first-order chi connectivity index (χ1) is 12.8. The molecule has 0 aliphatic carbocycles. The fraction of sp³-hybridized carbons (Fsp3) is 0.294. The van der Waals surface area contributed by atoms with Crippen LogP contribution in [0.1, 0.15) is 12.8 Å². The first-order valence-corrected chi connectivity index (χ1v) is 8.64. The van der Waals surface area contributed by atoms with Gasteiger partial charge in [0.15, 0.2) is 0 Å². The van der Waals surface area contributed by atoms with Crippen LogP contribution in [0.25, 0.3) is 0 Å². The van der Waals surface area contributed by atoms with Gasteiger partial charge in [-0.2, -0.15) is 0 Å². The molecule has 0 spiro atoms. The summed E-state index contributed by atoms with van der Waals surface area (Å²) in [6.45, 7) is 0.981. The lowest BCUT2D eigenvalue weighted by molar-refractivity contribution is -0.384. The number of nitrogens with zero attached hydrogens (tertiary/aromatic N) is 3. The largest absolute Gasteiger partial charge is 0.369 e. The molecular weight excluding hydrogens is 377 g/mol. The highest BCUT2D eigenvalue weighted by Crippen LogP contribution is 2.31. The van der Waals surface area contributed by atoms with Crippen LogP contribution in [0.15, 0.2) is 30.3 Å². The van der Waals surface area contributed by atoms with Crippen LogP contribution >= 0.6 is 11.6 Å². The summed E-state index contributed by atoms with van der Waals surface area (Å²) in [4.78, 5) is 27.6. The molecule has 0 bridgehead atoms. The average Bonchev–Trinajstić information content (AvgIpc) is 2.61. The minimum Gasteiger partial charge on any atom is -0.369 e. The Labute approximate surface area is 159 Å². The molecule has 8 nitrogen and oxygen atoms in total. The number of hydrogen-bond acceptors (Lipinski definition) is 6. The number of anilines is 3. The van der Waals surface area contributed by atoms with E-state index in [-0.39, 0.29) is 28.3 Å². The number of nitrogens with two attached hydrogens (primary N) is 1. The number of carbonyl (C=O) groups is 1. The van der Waals surface area contributed by atoms with Gasteiger partial charge >= 0.3 is 5.69 Å². The zero-order valence-corrected chi connectivity index (χ0v) is 14.9. The molecule has 0 saturated carbocycles. The second-order valence-electron chi connectivity index (χ2n) is 6.24. The van der Waals surface area contributed by atoms with E-state index >= 15 is 0 Å². The number of nitro groups is 1. The molecule has 1 aromatic heterocycles. The molecule has 1 aliphatic rings. The smallest absolute Gasteiger partial charge is 0.311 e. The summed E-state index contributed by atoms with van der Waals surface area (Å²) in [6, 6.07) is 6.88. The van der Waals surface area contributed by atoms with Gasteiger partial charge in [-0.05, 0) is 37.1 Å². The molecule has 1 unspecified atom stereocenters. The van der Waals surface area contributed by atoms with E-state index in [4.69, 9.17) is 17.3 Å². The molecule has 3 rings (SSSR count). The van der Waals surface area contributed by atoms with E-state index in [0.29, 0.717) is 25.2 Å². The van der Waals surface area contributed by atoms with Crippen molar-refractivity contribution in [2.75, 3.05) is 23.3 Å². The van der Waals surface area contributed by atoms with Crippen LogP contribution in [0.4, 0.5) is 27.3 Å². The maximum absolute atomic E-state index is 14.6. The number of halogens is 2. The van der Waals surface area contributed by atoms with Gasteiger partial charge in [0.1, 0.15) is 11.0 Å². The van der Waals surface area contributed by atoms with Crippen LogP contribution in [0.2, 0.25) is 5.15 Å². The molecule has 1 aliphatic heterocycles. The highest BCUT2D eigenvalue weighted by molar-refractivity contribution is 6.29. The number of benzene rings is 1. The van der Waals surface area contributed by atoms with Crippen molar-refractivity contribution in [3.8, 4) is 0 Å². The summed E-state index contributed by atoms with van der Waals surface area (Å²) in [6.07, 6.45) is 1.43. The molecule has 3 N–H and O–H groups in total. The molecule has 142 valence electrons. The molecule has 10 heteroatoms. The molecule has 1 aromatic carbocycles. The Morgan fingerprint density at radius 2 is 2.19 bits per heavy atom. The molecule has 1 saturated heterocycles. The highest BCUT2D eigenvalue weighted by atomic mass is 35.5. The quantitative estimate of drug-likeness (QED) is 0.458. The van der Waals surface area contributed by atoms with Crippen molar-refractivity contribution in [3.63, 3.8) is 0 Å². The van der Waals surface area contributed by atoms with Gasteiger partial charge in [0, 0.05) is 24.8 Å². The van der Waals surface area contributed by atoms with Crippen molar-refractivity contribution in [2.24, 2.45) is 11.7 Å². The van der Waals surface area contributed by atoms with Gasteiger partial charge in [-0.15, -0.1) is 0 Å². The summed E-state index contributed by atoms with van der Waals surface area (Å²) in [5.41, 5.74) is 5.73. The van der Waals surface area contributed by atoms with Crippen LogP contribution in [-0.2, 0) is 4.79 Å². The zero-order valence-electron chi connectivity index (χ0n) is 14.2. The standard InChI is InChI=1S/C17H17ClFN5O3/c18-15-6-5-14(24(26)27)17(22-15)21-11-3-4-13(12(19)8-11)23-7-1-2-10(9-23)16(20)25/h3-6,8,10H,1-2,7,9H2,(H2,20,25)(H,21,22). The van der Waals surface area contributed by atoms with Crippen molar-refractivity contribution in [1.29, 1.82) is 0 Å². The SMILES string of the molecule is NC(=O)C1CCCN(c2ccc(Nc3nc(Cl)ccc3[N+](=O)[O-])cc2F)C1. The third kappa shape index (κ3) is 4.25. The first-order valence-electron chi connectivity index (χ1n) is 8.27. The minimum absolute atomic E-state index is 0.0750. The summed E-state index contributed by atoms with van der Waals surface area (Å²) in [5.74, 6) is -1.30. The van der Waals surface area contributed by atoms with Crippen molar-refractivity contribution in [3.05, 3.63) is 51.4 Å². The normalized spacial score (nSPS) is 16.8. The van der Waals surface area contributed by atoms with Crippen LogP contribution in [0.5, 0.6) is 0 Å². The average molecular weight is 394 g/mol. The molecule has 1 atom stereocenters. The van der Waals surface area contributed by atoms with E-state index in [1.165, 1.54) is 18.2 Å². The first kappa shape index (κ1) is 18.8. The van der Waals surface area contributed by atoms with Crippen molar-refractivity contribution >= 4 is 40.4 Å². The number of hydrogen-bond donors (Lipinski definition) is 2. The van der Waals surface area contributed by atoms with Gasteiger partial charge in [-0.3, -0.25) is 14.9 Å². The second-order valence-corrected chi connectivity index (χ2v) is 6.62. The van der Waals surface area contributed by atoms with E-state index in [2.05, 4.69) is 10.3 Å². The van der Waals surface area contributed by atoms with E-state index in [1.54, 1.807) is 17.0 Å².